The molecule has 1 aromatic carbocycles. The maximum Gasteiger partial charge on any atom is 0.235 e. The number of fused-ring (bicyclic) bond motifs is 3. The van der Waals surface area contributed by atoms with Crippen LogP contribution in [0.3, 0.4) is 0 Å². The lowest BCUT2D eigenvalue weighted by Crippen LogP contribution is -2.56. The van der Waals surface area contributed by atoms with Crippen molar-refractivity contribution >= 4 is 29.0 Å². The monoisotopic (exact) mass is 398 g/mol. The number of phenolic OH excluding ortho intramolecular Hbond substituents is 1. The number of aryl methyl sites for hydroxylation is 1. The first-order valence-electron chi connectivity index (χ1n) is 9.65. The summed E-state index contributed by atoms with van der Waals surface area (Å²) in [5.74, 6) is -8.46. The molecule has 1 amide bonds. The first-order chi connectivity index (χ1) is 13.7. The van der Waals surface area contributed by atoms with Crippen LogP contribution in [0.25, 0.3) is 0 Å². The van der Waals surface area contributed by atoms with Crippen LogP contribution in [0, 0.1) is 36.5 Å². The normalized spacial score (nSPS) is 31.2. The highest BCUT2D eigenvalue weighted by molar-refractivity contribution is 6.27. The fourth-order valence-corrected chi connectivity index (χ4v) is 5.47. The van der Waals surface area contributed by atoms with Crippen molar-refractivity contribution in [3.05, 3.63) is 28.3 Å². The Labute approximate surface area is 166 Å². The van der Waals surface area contributed by atoms with Gasteiger partial charge in [-0.15, -0.1) is 0 Å². The van der Waals surface area contributed by atoms with E-state index in [2.05, 4.69) is 0 Å². The van der Waals surface area contributed by atoms with E-state index < -0.39 is 52.7 Å². The molecule has 2 saturated carbocycles. The summed E-state index contributed by atoms with van der Waals surface area (Å²) in [7, 11) is 0. The molecular weight excluding hydrogens is 376 g/mol. The smallest absolute Gasteiger partial charge is 0.235 e. The standard InChI is InChI=1S/C21H22N2O6/c1-7-2-10(6-22)11-4-8-3-9-5-12(24)16(21(23)29)20(28)14(9)18(26)13(8)19(27)15(11)17(7)25/h2,8-9,13-14,16,25H,3-6,22H2,1H3,(H2,23,29). The van der Waals surface area contributed by atoms with Crippen molar-refractivity contribution < 1.29 is 29.1 Å². The summed E-state index contributed by atoms with van der Waals surface area (Å²) in [6.07, 6.45) is 0.624. The minimum atomic E-state index is -1.62. The van der Waals surface area contributed by atoms with Crippen LogP contribution in [0.5, 0.6) is 5.75 Å². The predicted molar refractivity (Wildman–Crippen MR) is 99.7 cm³/mol. The first kappa shape index (κ1) is 19.4. The second kappa shape index (κ2) is 6.59. The molecule has 0 spiro atoms. The number of aromatic hydroxyl groups is 1. The van der Waals surface area contributed by atoms with Crippen LogP contribution in [-0.4, -0.2) is 34.1 Å². The quantitative estimate of drug-likeness (QED) is 0.591. The van der Waals surface area contributed by atoms with Crippen LogP contribution in [0.2, 0.25) is 0 Å². The molecule has 0 aliphatic heterocycles. The molecule has 5 atom stereocenters. The Morgan fingerprint density at radius 1 is 1.10 bits per heavy atom. The Hall–Kier alpha value is -2.87. The van der Waals surface area contributed by atoms with Gasteiger partial charge in [0.25, 0.3) is 0 Å². The van der Waals surface area contributed by atoms with Gasteiger partial charge in [-0.3, -0.25) is 24.0 Å². The average molecular weight is 398 g/mol. The number of ketones is 4. The number of phenols is 1. The number of hydrogen-bond acceptors (Lipinski definition) is 7. The highest BCUT2D eigenvalue weighted by atomic mass is 16.3. The molecule has 0 saturated heterocycles. The lowest BCUT2D eigenvalue weighted by molar-refractivity contribution is -0.152. The molecule has 8 heteroatoms. The van der Waals surface area contributed by atoms with Gasteiger partial charge >= 0.3 is 0 Å². The highest BCUT2D eigenvalue weighted by Gasteiger charge is 2.57. The van der Waals surface area contributed by atoms with Crippen molar-refractivity contribution in [3.8, 4) is 5.75 Å². The van der Waals surface area contributed by atoms with Gasteiger partial charge in [-0.25, -0.2) is 0 Å². The third-order valence-corrected chi connectivity index (χ3v) is 6.73. The van der Waals surface area contributed by atoms with Crippen LogP contribution in [-0.2, 0) is 32.1 Å². The van der Waals surface area contributed by atoms with Gasteiger partial charge in [-0.05, 0) is 48.3 Å². The van der Waals surface area contributed by atoms with Gasteiger partial charge in [0.2, 0.25) is 5.91 Å². The number of Topliss-reactive ketones (excluding diaryl/α,β-unsaturated/α-hetero) is 4. The second-order valence-corrected chi connectivity index (χ2v) is 8.35. The van der Waals surface area contributed by atoms with Crippen LogP contribution in [0.1, 0.15) is 39.9 Å². The Bertz CT molecular complexity index is 997. The fraction of sp³-hybridized carbons (Fsp3) is 0.476. The molecule has 0 heterocycles. The maximum absolute atomic E-state index is 13.3. The molecule has 152 valence electrons. The highest BCUT2D eigenvalue weighted by Crippen LogP contribution is 2.48. The molecule has 2 fully saturated rings. The van der Waals surface area contributed by atoms with E-state index in [-0.39, 0.29) is 30.2 Å². The van der Waals surface area contributed by atoms with Gasteiger partial charge < -0.3 is 16.6 Å². The maximum atomic E-state index is 13.3. The van der Waals surface area contributed by atoms with E-state index in [1.807, 2.05) is 0 Å². The number of hydrogen-bond donors (Lipinski definition) is 3. The zero-order valence-electron chi connectivity index (χ0n) is 15.9. The number of benzene rings is 1. The van der Waals surface area contributed by atoms with Crippen LogP contribution in [0.15, 0.2) is 6.07 Å². The van der Waals surface area contributed by atoms with Crippen molar-refractivity contribution in [1.82, 2.24) is 0 Å². The molecule has 5 N–H and O–H groups in total. The Balaban J connectivity index is 1.79. The van der Waals surface area contributed by atoms with Gasteiger partial charge in [0.05, 0.1) is 17.4 Å². The molecule has 0 aromatic heterocycles. The van der Waals surface area contributed by atoms with Crippen molar-refractivity contribution in [2.75, 3.05) is 0 Å². The van der Waals surface area contributed by atoms with Gasteiger partial charge in [0.15, 0.2) is 29.1 Å². The predicted octanol–water partition coefficient (Wildman–Crippen LogP) is -0.0209. The number of rotatable bonds is 2. The van der Waals surface area contributed by atoms with Crippen molar-refractivity contribution in [2.45, 2.75) is 32.7 Å². The van der Waals surface area contributed by atoms with Crippen molar-refractivity contribution in [1.29, 1.82) is 0 Å². The van der Waals surface area contributed by atoms with E-state index in [0.717, 1.165) is 5.56 Å². The number of nitrogens with two attached hydrogens (primary N) is 2. The number of carbonyl (C=O) groups is 5. The molecule has 4 rings (SSSR count). The van der Waals surface area contributed by atoms with E-state index in [0.29, 0.717) is 24.0 Å². The fourth-order valence-electron chi connectivity index (χ4n) is 5.47. The van der Waals surface area contributed by atoms with Gasteiger partial charge in [0, 0.05) is 13.0 Å². The SMILES string of the molecule is Cc1cc(CN)c2c(c1O)C(=O)C1C(=O)C3C(=O)C(C(N)=O)C(=O)CC3CC1C2. The van der Waals surface area contributed by atoms with E-state index in [9.17, 15) is 29.1 Å². The molecule has 5 unspecified atom stereocenters. The first-order valence-corrected chi connectivity index (χ1v) is 9.65. The van der Waals surface area contributed by atoms with Crippen molar-refractivity contribution in [3.63, 3.8) is 0 Å². The Morgan fingerprint density at radius 3 is 2.38 bits per heavy atom. The lowest BCUT2D eigenvalue weighted by Gasteiger charge is -2.44. The van der Waals surface area contributed by atoms with Crippen molar-refractivity contribution in [2.24, 2.45) is 41.1 Å². The second-order valence-electron chi connectivity index (χ2n) is 8.35. The molecule has 1 aromatic rings. The average Bonchev–Trinajstić information content (AvgIpc) is 2.63. The molecule has 0 bridgehead atoms. The largest absolute Gasteiger partial charge is 0.507 e. The summed E-state index contributed by atoms with van der Waals surface area (Å²) < 4.78 is 0. The third-order valence-electron chi connectivity index (χ3n) is 6.73. The van der Waals surface area contributed by atoms with E-state index in [1.165, 1.54) is 0 Å². The summed E-state index contributed by atoms with van der Waals surface area (Å²) in [6, 6.07) is 1.74. The van der Waals surface area contributed by atoms with Gasteiger partial charge in [-0.1, -0.05) is 6.07 Å². The minimum absolute atomic E-state index is 0.0804. The lowest BCUT2D eigenvalue weighted by atomic mass is 9.56. The van der Waals surface area contributed by atoms with Crippen LogP contribution >= 0.6 is 0 Å². The summed E-state index contributed by atoms with van der Waals surface area (Å²) in [5.41, 5.74) is 13.0. The zero-order valence-corrected chi connectivity index (χ0v) is 15.9. The summed E-state index contributed by atoms with van der Waals surface area (Å²) in [5, 5.41) is 10.5. The molecular formula is C21H22N2O6. The van der Waals surface area contributed by atoms with Crippen LogP contribution < -0.4 is 11.5 Å². The number of carbonyl (C=O) groups excluding carboxylic acids is 5. The Kier molecular flexibility index (Phi) is 4.42. The molecule has 0 radical (unpaired) electrons. The summed E-state index contributed by atoms with van der Waals surface area (Å²) in [4.78, 5) is 63.1. The molecule has 8 nitrogen and oxygen atoms in total. The minimum Gasteiger partial charge on any atom is -0.507 e. The van der Waals surface area contributed by atoms with E-state index in [1.54, 1.807) is 13.0 Å². The Morgan fingerprint density at radius 2 is 1.76 bits per heavy atom. The van der Waals surface area contributed by atoms with E-state index in [4.69, 9.17) is 11.5 Å². The van der Waals surface area contributed by atoms with Gasteiger partial charge in [-0.2, -0.15) is 0 Å². The molecule has 3 aliphatic carbocycles. The number of amides is 1. The zero-order chi connectivity index (χ0) is 21.2. The van der Waals surface area contributed by atoms with E-state index >= 15 is 0 Å². The summed E-state index contributed by atoms with van der Waals surface area (Å²) in [6.45, 7) is 1.84. The molecule has 3 aliphatic rings. The topological polar surface area (TPSA) is 158 Å². The molecule has 29 heavy (non-hydrogen) atoms. The number of primary amides is 1. The summed E-state index contributed by atoms with van der Waals surface area (Å²) >= 11 is 0. The third kappa shape index (κ3) is 2.66. The van der Waals surface area contributed by atoms with Gasteiger partial charge in [0.1, 0.15) is 5.75 Å². The van der Waals surface area contributed by atoms with Crippen LogP contribution in [0.4, 0.5) is 0 Å².